The van der Waals surface area contributed by atoms with Crippen molar-refractivity contribution in [2.24, 2.45) is 11.8 Å². The van der Waals surface area contributed by atoms with Crippen LogP contribution in [-0.2, 0) is 19.2 Å². The molecule has 1 saturated carbocycles. The summed E-state index contributed by atoms with van der Waals surface area (Å²) in [5.41, 5.74) is -0.380. The molecule has 0 amide bonds. The molecule has 4 fully saturated rings. The van der Waals surface area contributed by atoms with Gasteiger partial charge in [-0.25, -0.2) is 0 Å². The van der Waals surface area contributed by atoms with Crippen molar-refractivity contribution in [3.05, 3.63) is 0 Å². The molecule has 0 N–H and O–H groups in total. The zero-order chi connectivity index (χ0) is 15.3. The Bertz CT molecular complexity index is 396. The fraction of sp³-hybridized carbons (Fsp3) is 1.00. The second-order valence-electron chi connectivity index (χ2n) is 8.46. The zero-order valence-electron chi connectivity index (χ0n) is 14.1. The van der Waals surface area contributed by atoms with Gasteiger partial charge >= 0.3 is 133 Å². The van der Waals surface area contributed by atoms with Gasteiger partial charge in [0.1, 0.15) is 0 Å². The summed E-state index contributed by atoms with van der Waals surface area (Å²) in [5, 5.41) is 0. The molecule has 0 aromatic heterocycles. The number of ether oxygens (including phenoxy) is 2. The minimum absolute atomic E-state index is 0.290. The zero-order valence-corrected chi connectivity index (χ0v) is 17.0. The van der Waals surface area contributed by atoms with E-state index < -0.39 is 24.2 Å². The van der Waals surface area contributed by atoms with Crippen LogP contribution in [-0.4, -0.2) is 43.2 Å². The van der Waals surface area contributed by atoms with E-state index in [4.69, 9.17) is 19.2 Å². The van der Waals surface area contributed by atoms with Crippen LogP contribution in [0.25, 0.3) is 0 Å². The van der Waals surface area contributed by atoms with E-state index in [0.29, 0.717) is 11.8 Å². The van der Waals surface area contributed by atoms with Gasteiger partial charge < -0.3 is 0 Å². The number of hydrogen-bond donors (Lipinski definition) is 0. The molecule has 0 aromatic rings. The normalized spacial score (nSPS) is 47.0. The third-order valence-electron chi connectivity index (χ3n) is 5.55. The van der Waals surface area contributed by atoms with E-state index in [-0.39, 0.29) is 11.9 Å². The first-order valence-corrected chi connectivity index (χ1v) is 18.9. The molecule has 0 radical (unpaired) electrons. The molecule has 1 spiro atoms. The second kappa shape index (κ2) is 5.62. The van der Waals surface area contributed by atoms with Crippen LogP contribution in [0.15, 0.2) is 0 Å². The van der Waals surface area contributed by atoms with Gasteiger partial charge in [0.15, 0.2) is 0 Å². The molecule has 0 unspecified atom stereocenters. The second-order valence-corrected chi connectivity index (χ2v) is 24.2. The first kappa shape index (κ1) is 16.5. The van der Waals surface area contributed by atoms with Crippen LogP contribution in [0.1, 0.15) is 39.0 Å². The summed E-state index contributed by atoms with van der Waals surface area (Å²) in [6, 6.07) is 0. The van der Waals surface area contributed by atoms with Gasteiger partial charge in [0.05, 0.1) is 0 Å². The number of methoxy groups -OCH3 is 1. The molecule has 0 aromatic carbocycles. The van der Waals surface area contributed by atoms with Crippen LogP contribution < -0.4 is 0 Å². The summed E-state index contributed by atoms with van der Waals surface area (Å²) in [7, 11) is 1.73. The van der Waals surface area contributed by atoms with E-state index in [1.807, 2.05) is 6.92 Å². The van der Waals surface area contributed by atoms with E-state index in [2.05, 4.69) is 14.8 Å². The summed E-state index contributed by atoms with van der Waals surface area (Å²) in [5.74, 6) is 0.283. The van der Waals surface area contributed by atoms with Crippen molar-refractivity contribution in [2.75, 3.05) is 7.11 Å². The quantitative estimate of drug-likeness (QED) is 0.527. The Hall–Kier alpha value is 0.639. The van der Waals surface area contributed by atoms with Gasteiger partial charge in [-0.05, 0) is 0 Å². The minimum atomic E-state index is -1.94. The van der Waals surface area contributed by atoms with Gasteiger partial charge in [0.25, 0.3) is 0 Å². The van der Waals surface area contributed by atoms with E-state index >= 15 is 0 Å². The Morgan fingerprint density at radius 2 is 1.95 bits per heavy atom. The average molecular weight is 405 g/mol. The van der Waals surface area contributed by atoms with E-state index in [1.54, 1.807) is 7.11 Å². The van der Waals surface area contributed by atoms with Gasteiger partial charge in [-0.15, -0.1) is 0 Å². The molecule has 5 heteroatoms. The van der Waals surface area contributed by atoms with E-state index in [1.165, 1.54) is 23.7 Å². The maximum absolute atomic E-state index is 6.33. The van der Waals surface area contributed by atoms with Crippen LogP contribution >= 0.6 is 0 Å². The van der Waals surface area contributed by atoms with Gasteiger partial charge in [-0.2, -0.15) is 0 Å². The Morgan fingerprint density at radius 1 is 1.19 bits per heavy atom. The predicted molar refractivity (Wildman–Crippen MR) is 83.4 cm³/mol. The summed E-state index contributed by atoms with van der Waals surface area (Å²) < 4.78 is 13.3. The molecule has 3 heterocycles. The molecule has 4 rings (SSSR count). The molecule has 122 valence electrons. The predicted octanol–water partition coefficient (Wildman–Crippen LogP) is 3.94. The maximum atomic E-state index is 6.33. The fourth-order valence-corrected chi connectivity index (χ4v) is 10.2. The Balaban J connectivity index is 1.94. The molecule has 1 aliphatic carbocycles. The number of fused-ring (bicyclic) bond motifs is 3. The number of hydrogen-bond acceptors (Lipinski definition) is 4. The standard InChI is InChI=1S/C13H21O4.3CH3.Sn/c1-9-8-10-6-4-5-7-13(10)11(14-3)15-12(9,2)16-17-13;;;;/h9-11H,1,4-8H2,2-3H3;3*1H3;/t9-,10+,11-,12+,13-;;;;/m0..../s1. The van der Waals surface area contributed by atoms with Gasteiger partial charge in [-0.1, -0.05) is 0 Å². The summed E-state index contributed by atoms with van der Waals surface area (Å²) in [6.45, 7) is 2.05. The van der Waals surface area contributed by atoms with Crippen molar-refractivity contribution in [3.63, 3.8) is 0 Å². The van der Waals surface area contributed by atoms with Crippen molar-refractivity contribution < 1.29 is 19.2 Å². The van der Waals surface area contributed by atoms with Crippen LogP contribution in [0.2, 0.25) is 19.3 Å². The van der Waals surface area contributed by atoms with Crippen LogP contribution in [0.3, 0.4) is 0 Å². The molecule has 4 aliphatic rings. The Morgan fingerprint density at radius 3 is 2.62 bits per heavy atom. The monoisotopic (exact) mass is 406 g/mol. The van der Waals surface area contributed by atoms with E-state index in [9.17, 15) is 0 Å². The van der Waals surface area contributed by atoms with Crippen molar-refractivity contribution in [1.29, 1.82) is 0 Å². The van der Waals surface area contributed by atoms with Crippen molar-refractivity contribution in [2.45, 2.75) is 76.0 Å². The Labute approximate surface area is 132 Å². The van der Waals surface area contributed by atoms with Gasteiger partial charge in [0, 0.05) is 0 Å². The topological polar surface area (TPSA) is 36.9 Å². The average Bonchev–Trinajstić information content (AvgIpc) is 2.58. The Kier molecular flexibility index (Phi) is 4.41. The molecule has 4 nitrogen and oxygen atoms in total. The first-order chi connectivity index (χ1) is 9.79. The third kappa shape index (κ3) is 2.91. The fourth-order valence-electron chi connectivity index (χ4n) is 4.49. The van der Waals surface area contributed by atoms with Crippen LogP contribution in [0.5, 0.6) is 0 Å². The summed E-state index contributed by atoms with van der Waals surface area (Å²) in [4.78, 5) is 19.3. The molecular weight excluding hydrogens is 375 g/mol. The van der Waals surface area contributed by atoms with Crippen molar-refractivity contribution >= 4 is 18.4 Å². The van der Waals surface area contributed by atoms with Crippen molar-refractivity contribution in [3.8, 4) is 0 Å². The summed E-state index contributed by atoms with van der Waals surface area (Å²) >= 11 is -1.94. The molecule has 2 bridgehead atoms. The van der Waals surface area contributed by atoms with Crippen LogP contribution in [0.4, 0.5) is 0 Å². The van der Waals surface area contributed by atoms with E-state index in [0.717, 1.165) is 12.8 Å². The SMILES string of the molecule is CO[C@H]1O[C@]2(C)OO[C@]13CCCC[C@@H]3C[C@@H]2[CH2][Sn]([CH3])([CH3])[CH3]. The summed E-state index contributed by atoms with van der Waals surface area (Å²) in [6.07, 6.45) is 5.51. The van der Waals surface area contributed by atoms with Crippen molar-refractivity contribution in [1.82, 2.24) is 0 Å². The third-order valence-corrected chi connectivity index (χ3v) is 10.4. The number of rotatable bonds is 3. The van der Waals surface area contributed by atoms with Gasteiger partial charge in [-0.3, -0.25) is 0 Å². The molecule has 3 saturated heterocycles. The van der Waals surface area contributed by atoms with Gasteiger partial charge in [0.2, 0.25) is 0 Å². The molecule has 5 atom stereocenters. The van der Waals surface area contributed by atoms with Crippen LogP contribution in [0, 0.1) is 11.8 Å². The molecule has 3 aliphatic heterocycles. The molecule has 21 heavy (non-hydrogen) atoms. The molecular formula is C16H30O4Sn. The first-order valence-electron chi connectivity index (χ1n) is 8.36.